The van der Waals surface area contributed by atoms with Crippen LogP contribution in [0.3, 0.4) is 0 Å². The highest BCUT2D eigenvalue weighted by atomic mass is 16.5. The summed E-state index contributed by atoms with van der Waals surface area (Å²) in [7, 11) is 1.68. The lowest BCUT2D eigenvalue weighted by Gasteiger charge is -2.26. The Bertz CT molecular complexity index is 1390. The molecule has 5 aromatic rings. The first-order valence-corrected chi connectivity index (χ1v) is 10.2. The number of nitrogens with zero attached hydrogens (tertiary/aromatic N) is 1. The fourth-order valence-corrected chi connectivity index (χ4v) is 3.97. The molecule has 0 amide bonds. The largest absolute Gasteiger partial charge is 0.497 e. The smallest absolute Gasteiger partial charge is 0.150 e. The van der Waals surface area contributed by atoms with Gasteiger partial charge >= 0.3 is 0 Å². The zero-order valence-corrected chi connectivity index (χ0v) is 17.2. The fourth-order valence-electron chi connectivity index (χ4n) is 3.97. The maximum atomic E-state index is 11.1. The van der Waals surface area contributed by atoms with Crippen molar-refractivity contribution in [2.75, 3.05) is 12.0 Å². The third-order valence-electron chi connectivity index (χ3n) is 5.55. The van der Waals surface area contributed by atoms with Crippen LogP contribution in [0.25, 0.3) is 21.5 Å². The van der Waals surface area contributed by atoms with Gasteiger partial charge in [0.25, 0.3) is 0 Å². The maximum absolute atomic E-state index is 11.1. The molecule has 0 bridgehead atoms. The first-order chi connectivity index (χ1) is 15.2. The molecule has 0 aliphatic heterocycles. The number of fused-ring (bicyclic) bond motifs is 2. The van der Waals surface area contributed by atoms with Crippen LogP contribution in [-0.4, -0.2) is 13.4 Å². The van der Waals surface area contributed by atoms with Gasteiger partial charge in [0.05, 0.1) is 7.11 Å². The predicted octanol–water partition coefficient (Wildman–Crippen LogP) is 7.28. The Labute approximate surface area is 181 Å². The zero-order chi connectivity index (χ0) is 21.2. The van der Waals surface area contributed by atoms with E-state index >= 15 is 0 Å². The Morgan fingerprint density at radius 2 is 1.19 bits per heavy atom. The summed E-state index contributed by atoms with van der Waals surface area (Å²) < 4.78 is 5.36. The third-order valence-corrected chi connectivity index (χ3v) is 5.55. The van der Waals surface area contributed by atoms with Crippen molar-refractivity contribution in [1.29, 1.82) is 0 Å². The minimum absolute atomic E-state index is 0.685. The number of benzene rings is 5. The Morgan fingerprint density at radius 3 is 1.84 bits per heavy atom. The Hall–Kier alpha value is -4.11. The normalized spacial score (nSPS) is 10.9. The molecule has 0 saturated heterocycles. The van der Waals surface area contributed by atoms with Crippen molar-refractivity contribution in [2.45, 2.75) is 0 Å². The number of rotatable bonds is 5. The number of para-hydroxylation sites is 1. The third kappa shape index (κ3) is 3.62. The van der Waals surface area contributed by atoms with Crippen molar-refractivity contribution in [3.8, 4) is 5.75 Å². The van der Waals surface area contributed by atoms with Gasteiger partial charge in [0.2, 0.25) is 0 Å². The molecule has 0 atom stereocenters. The van der Waals surface area contributed by atoms with Gasteiger partial charge in [-0.3, -0.25) is 4.79 Å². The number of methoxy groups -OCH3 is 1. The van der Waals surface area contributed by atoms with Crippen LogP contribution in [0.2, 0.25) is 0 Å². The second kappa shape index (κ2) is 7.96. The van der Waals surface area contributed by atoms with Crippen molar-refractivity contribution in [3.05, 3.63) is 109 Å². The molecule has 0 N–H and O–H groups in total. The van der Waals surface area contributed by atoms with Crippen molar-refractivity contribution < 1.29 is 9.53 Å². The molecule has 0 fully saturated rings. The average Bonchev–Trinajstić information content (AvgIpc) is 2.84. The van der Waals surface area contributed by atoms with E-state index in [2.05, 4.69) is 59.5 Å². The topological polar surface area (TPSA) is 29.5 Å². The number of hydrogen-bond acceptors (Lipinski definition) is 3. The van der Waals surface area contributed by atoms with Gasteiger partial charge in [-0.1, -0.05) is 48.5 Å². The summed E-state index contributed by atoms with van der Waals surface area (Å²) in [6.07, 6.45) is 0.883. The molecule has 0 radical (unpaired) electrons. The molecule has 0 spiro atoms. The highest BCUT2D eigenvalue weighted by Crippen LogP contribution is 2.37. The van der Waals surface area contributed by atoms with E-state index in [0.29, 0.717) is 5.56 Å². The van der Waals surface area contributed by atoms with Crippen molar-refractivity contribution >= 4 is 44.9 Å². The monoisotopic (exact) mass is 403 g/mol. The van der Waals surface area contributed by atoms with Crippen LogP contribution in [0.1, 0.15) is 10.4 Å². The summed E-state index contributed by atoms with van der Waals surface area (Å²) >= 11 is 0. The standard InChI is InChI=1S/C28H21NO2/c1-31-28-14-11-23-17-27(13-10-24(23)18-28)29(25-5-3-2-4-6-25)26-12-9-21-15-20(19-30)7-8-22(21)16-26/h2-19H,1H3. The highest BCUT2D eigenvalue weighted by molar-refractivity contribution is 5.94. The molecule has 150 valence electrons. The van der Waals surface area contributed by atoms with Gasteiger partial charge in [-0.05, 0) is 76.1 Å². The first kappa shape index (κ1) is 18.9. The molecule has 0 heterocycles. The quantitative estimate of drug-likeness (QED) is 0.289. The van der Waals surface area contributed by atoms with E-state index in [4.69, 9.17) is 4.74 Å². The van der Waals surface area contributed by atoms with Crippen LogP contribution in [0.15, 0.2) is 103 Å². The van der Waals surface area contributed by atoms with Crippen LogP contribution >= 0.6 is 0 Å². The van der Waals surface area contributed by atoms with Crippen LogP contribution in [-0.2, 0) is 0 Å². The molecular weight excluding hydrogens is 382 g/mol. The second-order valence-corrected chi connectivity index (χ2v) is 7.48. The van der Waals surface area contributed by atoms with Gasteiger partial charge in [-0.15, -0.1) is 0 Å². The van der Waals surface area contributed by atoms with Gasteiger partial charge in [-0.2, -0.15) is 0 Å². The van der Waals surface area contributed by atoms with E-state index in [1.165, 1.54) is 0 Å². The Balaban J connectivity index is 1.67. The van der Waals surface area contributed by atoms with Crippen molar-refractivity contribution in [2.24, 2.45) is 0 Å². The van der Waals surface area contributed by atoms with E-state index in [0.717, 1.165) is 50.6 Å². The fraction of sp³-hybridized carbons (Fsp3) is 0.0357. The van der Waals surface area contributed by atoms with Crippen molar-refractivity contribution in [1.82, 2.24) is 0 Å². The summed E-state index contributed by atoms with van der Waals surface area (Å²) in [4.78, 5) is 13.4. The minimum Gasteiger partial charge on any atom is -0.497 e. The molecule has 5 rings (SSSR count). The van der Waals surface area contributed by atoms with Gasteiger partial charge in [-0.25, -0.2) is 0 Å². The van der Waals surface area contributed by atoms with Crippen LogP contribution in [0, 0.1) is 0 Å². The molecule has 0 aromatic heterocycles. The minimum atomic E-state index is 0.685. The molecule has 0 unspecified atom stereocenters. The molecule has 3 nitrogen and oxygen atoms in total. The van der Waals surface area contributed by atoms with Crippen LogP contribution in [0.5, 0.6) is 5.75 Å². The number of hydrogen-bond donors (Lipinski definition) is 0. The Morgan fingerprint density at radius 1 is 0.613 bits per heavy atom. The maximum Gasteiger partial charge on any atom is 0.150 e. The van der Waals surface area contributed by atoms with E-state index in [1.54, 1.807) is 7.11 Å². The summed E-state index contributed by atoms with van der Waals surface area (Å²) in [5.74, 6) is 0.851. The van der Waals surface area contributed by atoms with Crippen LogP contribution < -0.4 is 9.64 Å². The average molecular weight is 403 g/mol. The summed E-state index contributed by atoms with van der Waals surface area (Å²) in [5.41, 5.74) is 3.91. The van der Waals surface area contributed by atoms with E-state index in [-0.39, 0.29) is 0 Å². The van der Waals surface area contributed by atoms with Gasteiger partial charge in [0.1, 0.15) is 12.0 Å². The van der Waals surface area contributed by atoms with Gasteiger partial charge in [0.15, 0.2) is 0 Å². The molecule has 3 heteroatoms. The summed E-state index contributed by atoms with van der Waals surface area (Å²) in [5, 5.41) is 4.42. The van der Waals surface area contributed by atoms with Crippen molar-refractivity contribution in [3.63, 3.8) is 0 Å². The zero-order valence-electron chi connectivity index (χ0n) is 17.2. The number of aldehydes is 1. The molecule has 5 aromatic carbocycles. The highest BCUT2D eigenvalue weighted by Gasteiger charge is 2.13. The molecular formula is C28H21NO2. The number of carbonyl (C=O) groups excluding carboxylic acids is 1. The van der Waals surface area contributed by atoms with E-state index < -0.39 is 0 Å². The van der Waals surface area contributed by atoms with Gasteiger partial charge < -0.3 is 9.64 Å². The lowest BCUT2D eigenvalue weighted by molar-refractivity contribution is 0.112. The number of ether oxygens (including phenoxy) is 1. The molecule has 0 saturated carbocycles. The lowest BCUT2D eigenvalue weighted by atomic mass is 10.0. The van der Waals surface area contributed by atoms with E-state index in [1.807, 2.05) is 48.5 Å². The van der Waals surface area contributed by atoms with Crippen LogP contribution in [0.4, 0.5) is 17.1 Å². The molecule has 31 heavy (non-hydrogen) atoms. The molecule has 0 aliphatic rings. The van der Waals surface area contributed by atoms with E-state index in [9.17, 15) is 4.79 Å². The summed E-state index contributed by atoms with van der Waals surface area (Å²) in [6.45, 7) is 0. The Kier molecular flexibility index (Phi) is 4.85. The molecule has 0 aliphatic carbocycles. The second-order valence-electron chi connectivity index (χ2n) is 7.48. The first-order valence-electron chi connectivity index (χ1n) is 10.2. The SMILES string of the molecule is COc1ccc2cc(N(c3ccccc3)c3ccc4cc(C=O)ccc4c3)ccc2c1. The number of carbonyl (C=O) groups is 1. The lowest BCUT2D eigenvalue weighted by Crippen LogP contribution is -2.09. The van der Waals surface area contributed by atoms with Gasteiger partial charge in [0, 0.05) is 22.6 Å². The summed E-state index contributed by atoms with van der Waals surface area (Å²) in [6, 6.07) is 35.0. The predicted molar refractivity (Wildman–Crippen MR) is 128 cm³/mol. The number of anilines is 3.